The minimum atomic E-state index is 0.353. The first-order valence-electron chi connectivity index (χ1n) is 4.15. The molecule has 12 heavy (non-hydrogen) atoms. The number of nitrogens with zero attached hydrogens (tertiary/aromatic N) is 1. The Morgan fingerprint density at radius 3 is 3.17 bits per heavy atom. The second kappa shape index (κ2) is 5.54. The van der Waals surface area contributed by atoms with E-state index >= 15 is 0 Å². The molecule has 1 rings (SSSR count). The van der Waals surface area contributed by atoms with Gasteiger partial charge in [0.25, 0.3) is 0 Å². The Hall–Kier alpha value is -0.0900. The van der Waals surface area contributed by atoms with Gasteiger partial charge in [-0.3, -0.25) is 4.90 Å². The predicted octanol–water partition coefficient (Wildman–Crippen LogP) is 0.398. The fourth-order valence-electron chi connectivity index (χ4n) is 1.32. The van der Waals surface area contributed by atoms with Crippen LogP contribution in [0.2, 0.25) is 0 Å². The van der Waals surface area contributed by atoms with Gasteiger partial charge in [-0.15, -0.1) is 0 Å². The van der Waals surface area contributed by atoms with E-state index in [0.717, 1.165) is 26.3 Å². The van der Waals surface area contributed by atoms with Crippen LogP contribution in [0.4, 0.5) is 0 Å². The minimum Gasteiger partial charge on any atom is -0.378 e. The van der Waals surface area contributed by atoms with Crippen LogP contribution in [0.3, 0.4) is 0 Å². The SMILES string of the molecule is NCC1COCCN1C/C=C/Cl. The zero-order valence-corrected chi connectivity index (χ0v) is 7.83. The van der Waals surface area contributed by atoms with Crippen molar-refractivity contribution in [2.45, 2.75) is 6.04 Å². The Balaban J connectivity index is 2.36. The molecule has 0 amide bonds. The quantitative estimate of drug-likeness (QED) is 0.700. The third-order valence-electron chi connectivity index (χ3n) is 2.05. The van der Waals surface area contributed by atoms with Crippen molar-refractivity contribution < 1.29 is 4.74 Å². The zero-order valence-electron chi connectivity index (χ0n) is 7.08. The number of halogens is 1. The van der Waals surface area contributed by atoms with Crippen molar-refractivity contribution in [1.29, 1.82) is 0 Å². The molecule has 4 heteroatoms. The summed E-state index contributed by atoms with van der Waals surface area (Å²) in [6.45, 7) is 4.01. The van der Waals surface area contributed by atoms with Gasteiger partial charge in [-0.1, -0.05) is 17.7 Å². The molecule has 0 aliphatic carbocycles. The van der Waals surface area contributed by atoms with Crippen LogP contribution < -0.4 is 5.73 Å². The Morgan fingerprint density at radius 1 is 1.67 bits per heavy atom. The normalized spacial score (nSPS) is 26.7. The average molecular weight is 191 g/mol. The lowest BCUT2D eigenvalue weighted by Crippen LogP contribution is -2.49. The summed E-state index contributed by atoms with van der Waals surface area (Å²) in [4.78, 5) is 2.28. The number of morpholine rings is 1. The van der Waals surface area contributed by atoms with Gasteiger partial charge >= 0.3 is 0 Å². The first kappa shape index (κ1) is 9.99. The van der Waals surface area contributed by atoms with E-state index in [2.05, 4.69) is 4.90 Å². The maximum Gasteiger partial charge on any atom is 0.0634 e. The van der Waals surface area contributed by atoms with Crippen molar-refractivity contribution in [2.75, 3.05) is 32.8 Å². The van der Waals surface area contributed by atoms with Gasteiger partial charge < -0.3 is 10.5 Å². The lowest BCUT2D eigenvalue weighted by Gasteiger charge is -2.33. The van der Waals surface area contributed by atoms with Gasteiger partial charge in [0.2, 0.25) is 0 Å². The molecule has 0 radical (unpaired) electrons. The zero-order chi connectivity index (χ0) is 8.81. The van der Waals surface area contributed by atoms with E-state index in [4.69, 9.17) is 22.1 Å². The van der Waals surface area contributed by atoms with Crippen LogP contribution in [0.25, 0.3) is 0 Å². The summed E-state index contributed by atoms with van der Waals surface area (Å²) < 4.78 is 5.30. The van der Waals surface area contributed by atoms with Crippen molar-refractivity contribution in [3.8, 4) is 0 Å². The monoisotopic (exact) mass is 190 g/mol. The van der Waals surface area contributed by atoms with Crippen LogP contribution in [-0.4, -0.2) is 43.8 Å². The van der Waals surface area contributed by atoms with Crippen molar-refractivity contribution in [3.63, 3.8) is 0 Å². The minimum absolute atomic E-state index is 0.353. The molecule has 0 spiro atoms. The fourth-order valence-corrected chi connectivity index (χ4v) is 1.40. The van der Waals surface area contributed by atoms with Crippen LogP contribution in [0, 0.1) is 0 Å². The molecule has 0 aromatic heterocycles. The van der Waals surface area contributed by atoms with Gasteiger partial charge in [0.1, 0.15) is 0 Å². The number of rotatable bonds is 3. The number of nitrogens with two attached hydrogens (primary N) is 1. The molecule has 3 nitrogen and oxygen atoms in total. The third-order valence-corrected chi connectivity index (χ3v) is 2.23. The highest BCUT2D eigenvalue weighted by atomic mass is 35.5. The summed E-state index contributed by atoms with van der Waals surface area (Å²) in [6, 6.07) is 0.353. The van der Waals surface area contributed by atoms with Gasteiger partial charge in [-0.05, 0) is 0 Å². The number of hydrogen-bond acceptors (Lipinski definition) is 3. The van der Waals surface area contributed by atoms with Crippen LogP contribution in [0.5, 0.6) is 0 Å². The van der Waals surface area contributed by atoms with Gasteiger partial charge in [-0.2, -0.15) is 0 Å². The first-order valence-corrected chi connectivity index (χ1v) is 4.59. The molecule has 1 saturated heterocycles. The van der Waals surface area contributed by atoms with Gasteiger partial charge in [0, 0.05) is 31.2 Å². The molecular formula is C8H15ClN2O. The highest BCUT2D eigenvalue weighted by Gasteiger charge is 2.19. The van der Waals surface area contributed by atoms with E-state index < -0.39 is 0 Å². The summed E-state index contributed by atoms with van der Waals surface area (Å²) in [5, 5.41) is 0. The molecule has 2 N–H and O–H groups in total. The van der Waals surface area contributed by atoms with Gasteiger partial charge in [0.05, 0.1) is 13.2 Å². The van der Waals surface area contributed by atoms with Crippen molar-refractivity contribution in [3.05, 3.63) is 11.6 Å². The molecule has 1 unspecified atom stereocenters. The third kappa shape index (κ3) is 2.75. The van der Waals surface area contributed by atoms with E-state index in [1.165, 1.54) is 0 Å². The summed E-state index contributed by atoms with van der Waals surface area (Å²) in [7, 11) is 0. The lowest BCUT2D eigenvalue weighted by molar-refractivity contribution is 0.00200. The van der Waals surface area contributed by atoms with E-state index in [1.807, 2.05) is 6.08 Å². The molecule has 0 bridgehead atoms. The summed E-state index contributed by atoms with van der Waals surface area (Å²) in [5.74, 6) is 0. The maximum absolute atomic E-state index is 5.59. The van der Waals surface area contributed by atoms with E-state index in [0.29, 0.717) is 12.6 Å². The molecule has 1 aliphatic rings. The maximum atomic E-state index is 5.59. The molecule has 0 saturated carbocycles. The average Bonchev–Trinajstić information content (AvgIpc) is 2.15. The van der Waals surface area contributed by atoms with Crippen LogP contribution >= 0.6 is 11.6 Å². The molecule has 1 fully saturated rings. The van der Waals surface area contributed by atoms with Gasteiger partial charge in [-0.25, -0.2) is 0 Å². The second-order valence-electron chi connectivity index (χ2n) is 2.82. The Bertz CT molecular complexity index is 152. The smallest absolute Gasteiger partial charge is 0.0634 e. The topological polar surface area (TPSA) is 38.5 Å². The summed E-state index contributed by atoms with van der Waals surface area (Å²) in [6.07, 6.45) is 1.93. The highest BCUT2D eigenvalue weighted by Crippen LogP contribution is 2.05. The van der Waals surface area contributed by atoms with E-state index in [9.17, 15) is 0 Å². The molecule has 0 aromatic carbocycles. The van der Waals surface area contributed by atoms with E-state index in [1.54, 1.807) is 5.54 Å². The van der Waals surface area contributed by atoms with Crippen LogP contribution in [0.1, 0.15) is 0 Å². The number of ether oxygens (including phenoxy) is 1. The summed E-state index contributed by atoms with van der Waals surface area (Å²) >= 11 is 5.44. The Kier molecular flexibility index (Phi) is 4.61. The standard InChI is InChI=1S/C8H15ClN2O/c9-2-1-3-11-4-5-12-7-8(11)6-10/h1-2,8H,3-7,10H2/b2-1+. The summed E-state index contributed by atoms with van der Waals surface area (Å²) in [5.41, 5.74) is 7.13. The molecule has 1 atom stereocenters. The van der Waals surface area contributed by atoms with Crippen LogP contribution in [0.15, 0.2) is 11.6 Å². The van der Waals surface area contributed by atoms with Crippen molar-refractivity contribution in [1.82, 2.24) is 4.90 Å². The van der Waals surface area contributed by atoms with Crippen LogP contribution in [-0.2, 0) is 4.74 Å². The van der Waals surface area contributed by atoms with Crippen molar-refractivity contribution >= 4 is 11.6 Å². The Morgan fingerprint density at radius 2 is 2.50 bits per heavy atom. The molecule has 1 heterocycles. The molecule has 0 aromatic rings. The van der Waals surface area contributed by atoms with Crippen molar-refractivity contribution in [2.24, 2.45) is 5.73 Å². The Labute approximate surface area is 78.1 Å². The molecule has 70 valence electrons. The fraction of sp³-hybridized carbons (Fsp3) is 0.750. The van der Waals surface area contributed by atoms with E-state index in [-0.39, 0.29) is 0 Å². The molecular weight excluding hydrogens is 176 g/mol. The highest BCUT2D eigenvalue weighted by molar-refractivity contribution is 6.25. The largest absolute Gasteiger partial charge is 0.378 e. The lowest BCUT2D eigenvalue weighted by atomic mass is 10.2. The van der Waals surface area contributed by atoms with Gasteiger partial charge in [0.15, 0.2) is 0 Å². The predicted molar refractivity (Wildman–Crippen MR) is 50.2 cm³/mol. The number of hydrogen-bond donors (Lipinski definition) is 1. The molecule has 1 aliphatic heterocycles. The second-order valence-corrected chi connectivity index (χ2v) is 3.07. The first-order chi connectivity index (χ1) is 5.88.